The van der Waals surface area contributed by atoms with Crippen molar-refractivity contribution in [3.05, 3.63) is 35.4 Å². The highest BCUT2D eigenvalue weighted by molar-refractivity contribution is 7.99. The number of nitrogens with zero attached hydrogens (tertiary/aromatic N) is 1. The lowest BCUT2D eigenvalue weighted by atomic mass is 10.1. The van der Waals surface area contributed by atoms with Crippen molar-refractivity contribution in [2.45, 2.75) is 31.1 Å². The van der Waals surface area contributed by atoms with E-state index in [1.165, 1.54) is 30.6 Å². The minimum atomic E-state index is 0.728. The van der Waals surface area contributed by atoms with Gasteiger partial charge in [-0.2, -0.15) is 11.8 Å². The Hall–Kier alpha value is -0.960. The number of rotatable bonds is 2. The molecular formula is C14H18N2S. The Morgan fingerprint density at radius 2 is 2.18 bits per heavy atom. The van der Waals surface area contributed by atoms with Gasteiger partial charge in [0.1, 0.15) is 5.84 Å². The third-order valence-electron chi connectivity index (χ3n) is 3.65. The van der Waals surface area contributed by atoms with Gasteiger partial charge in [-0.1, -0.05) is 30.7 Å². The molecule has 0 bridgehead atoms. The monoisotopic (exact) mass is 246 g/mol. The van der Waals surface area contributed by atoms with Crippen LogP contribution in [0.5, 0.6) is 0 Å². The van der Waals surface area contributed by atoms with Gasteiger partial charge in [-0.05, 0) is 24.2 Å². The molecule has 2 nitrogen and oxygen atoms in total. The minimum absolute atomic E-state index is 0.728. The van der Waals surface area contributed by atoms with E-state index >= 15 is 0 Å². The van der Waals surface area contributed by atoms with Gasteiger partial charge in [-0.25, -0.2) is 0 Å². The van der Waals surface area contributed by atoms with Crippen LogP contribution >= 0.6 is 11.8 Å². The number of hydrogen-bond acceptors (Lipinski definition) is 2. The molecule has 0 saturated carbocycles. The first kappa shape index (κ1) is 11.1. The fraction of sp³-hybridized carbons (Fsp3) is 0.500. The SMILES string of the molecule is N=C1c2ccccc2CN1CC1CCCCS1. The lowest BCUT2D eigenvalue weighted by Crippen LogP contribution is -2.32. The summed E-state index contributed by atoms with van der Waals surface area (Å²) in [5, 5.41) is 8.96. The zero-order chi connectivity index (χ0) is 11.7. The van der Waals surface area contributed by atoms with Gasteiger partial charge in [0.2, 0.25) is 0 Å². The first-order chi connectivity index (χ1) is 8.34. The highest BCUT2D eigenvalue weighted by Crippen LogP contribution is 2.29. The predicted molar refractivity (Wildman–Crippen MR) is 73.8 cm³/mol. The number of nitrogens with one attached hydrogen (secondary N) is 1. The summed E-state index contributed by atoms with van der Waals surface area (Å²) in [5.41, 5.74) is 2.45. The summed E-state index contributed by atoms with van der Waals surface area (Å²) in [6, 6.07) is 8.33. The van der Waals surface area contributed by atoms with E-state index in [0.29, 0.717) is 0 Å². The molecule has 1 fully saturated rings. The highest BCUT2D eigenvalue weighted by Gasteiger charge is 2.26. The topological polar surface area (TPSA) is 27.1 Å². The van der Waals surface area contributed by atoms with E-state index < -0.39 is 0 Å². The summed E-state index contributed by atoms with van der Waals surface area (Å²) in [6.07, 6.45) is 4.06. The third kappa shape index (κ3) is 2.21. The molecule has 2 heterocycles. The Morgan fingerprint density at radius 3 is 2.94 bits per heavy atom. The second kappa shape index (κ2) is 4.73. The standard InChI is InChI=1S/C14H18N2S/c15-14-13-7-2-1-5-11(13)9-16(14)10-12-6-3-4-8-17-12/h1-2,5,7,12,15H,3-4,6,8-10H2. The van der Waals surface area contributed by atoms with E-state index in [-0.39, 0.29) is 0 Å². The largest absolute Gasteiger partial charge is 0.351 e. The van der Waals surface area contributed by atoms with Gasteiger partial charge in [-0.3, -0.25) is 5.41 Å². The van der Waals surface area contributed by atoms with Crippen LogP contribution in [0.4, 0.5) is 0 Å². The molecule has 0 aliphatic carbocycles. The van der Waals surface area contributed by atoms with E-state index in [1.807, 2.05) is 6.07 Å². The maximum atomic E-state index is 8.22. The van der Waals surface area contributed by atoms with Gasteiger partial charge in [-0.15, -0.1) is 0 Å². The summed E-state index contributed by atoms with van der Waals surface area (Å²) in [4.78, 5) is 2.24. The lowest BCUT2D eigenvalue weighted by Gasteiger charge is -2.27. The zero-order valence-corrected chi connectivity index (χ0v) is 10.8. The van der Waals surface area contributed by atoms with Crippen LogP contribution in [0.25, 0.3) is 0 Å². The third-order valence-corrected chi connectivity index (χ3v) is 5.03. The van der Waals surface area contributed by atoms with Crippen LogP contribution in [0.2, 0.25) is 0 Å². The van der Waals surface area contributed by atoms with E-state index in [2.05, 4.69) is 34.9 Å². The molecular weight excluding hydrogens is 228 g/mol. The van der Waals surface area contributed by atoms with Crippen molar-refractivity contribution in [2.24, 2.45) is 0 Å². The molecule has 1 aromatic carbocycles. The van der Waals surface area contributed by atoms with E-state index in [1.54, 1.807) is 0 Å². The summed E-state index contributed by atoms with van der Waals surface area (Å²) in [7, 11) is 0. The average molecular weight is 246 g/mol. The number of fused-ring (bicyclic) bond motifs is 1. The van der Waals surface area contributed by atoms with Gasteiger partial charge in [0, 0.05) is 23.9 Å². The quantitative estimate of drug-likeness (QED) is 0.868. The van der Waals surface area contributed by atoms with Crippen LogP contribution in [-0.4, -0.2) is 28.3 Å². The zero-order valence-electron chi connectivity index (χ0n) is 9.98. The summed E-state index contributed by atoms with van der Waals surface area (Å²) in [6.45, 7) is 1.99. The Morgan fingerprint density at radius 1 is 1.29 bits per heavy atom. The Bertz CT molecular complexity index is 424. The molecule has 2 aliphatic heterocycles. The molecule has 17 heavy (non-hydrogen) atoms. The van der Waals surface area contributed by atoms with E-state index in [9.17, 15) is 0 Å². The molecule has 0 spiro atoms. The molecule has 3 heteroatoms. The van der Waals surface area contributed by atoms with Crippen LogP contribution in [-0.2, 0) is 6.54 Å². The van der Waals surface area contributed by atoms with Gasteiger partial charge in [0.15, 0.2) is 0 Å². The summed E-state index contributed by atoms with van der Waals surface area (Å²) in [5.74, 6) is 2.03. The fourth-order valence-electron chi connectivity index (χ4n) is 2.70. The van der Waals surface area contributed by atoms with Gasteiger partial charge >= 0.3 is 0 Å². The molecule has 3 rings (SSSR count). The maximum Gasteiger partial charge on any atom is 0.128 e. The van der Waals surface area contributed by atoms with E-state index in [0.717, 1.165) is 29.7 Å². The van der Waals surface area contributed by atoms with Crippen molar-refractivity contribution in [1.82, 2.24) is 4.90 Å². The van der Waals surface area contributed by atoms with Crippen LogP contribution in [0.3, 0.4) is 0 Å². The van der Waals surface area contributed by atoms with Crippen LogP contribution in [0.1, 0.15) is 30.4 Å². The molecule has 0 amide bonds. The highest BCUT2D eigenvalue weighted by atomic mass is 32.2. The predicted octanol–water partition coefficient (Wildman–Crippen LogP) is 3.11. The fourth-order valence-corrected chi connectivity index (χ4v) is 4.02. The molecule has 90 valence electrons. The second-order valence-corrected chi connectivity index (χ2v) is 6.28. The first-order valence-electron chi connectivity index (χ1n) is 6.38. The molecule has 1 saturated heterocycles. The molecule has 2 aliphatic rings. The number of benzene rings is 1. The van der Waals surface area contributed by atoms with Crippen LogP contribution < -0.4 is 0 Å². The lowest BCUT2D eigenvalue weighted by molar-refractivity contribution is 0.412. The Labute approximate surface area is 107 Å². The van der Waals surface area contributed by atoms with Crippen molar-refractivity contribution in [3.8, 4) is 0 Å². The Kier molecular flexibility index (Phi) is 3.10. The van der Waals surface area contributed by atoms with Crippen molar-refractivity contribution >= 4 is 17.6 Å². The summed E-state index contributed by atoms with van der Waals surface area (Å²) < 4.78 is 0. The molecule has 0 radical (unpaired) electrons. The molecule has 1 unspecified atom stereocenters. The molecule has 1 aromatic rings. The van der Waals surface area contributed by atoms with Crippen LogP contribution in [0.15, 0.2) is 24.3 Å². The van der Waals surface area contributed by atoms with Crippen molar-refractivity contribution in [3.63, 3.8) is 0 Å². The van der Waals surface area contributed by atoms with Crippen molar-refractivity contribution < 1.29 is 0 Å². The van der Waals surface area contributed by atoms with Gasteiger partial charge in [0.05, 0.1) is 0 Å². The Balaban J connectivity index is 1.69. The number of thioether (sulfide) groups is 1. The smallest absolute Gasteiger partial charge is 0.128 e. The van der Waals surface area contributed by atoms with Crippen molar-refractivity contribution in [2.75, 3.05) is 12.3 Å². The molecule has 1 N–H and O–H groups in total. The maximum absolute atomic E-state index is 8.22. The van der Waals surface area contributed by atoms with E-state index in [4.69, 9.17) is 5.41 Å². The first-order valence-corrected chi connectivity index (χ1v) is 7.43. The number of hydrogen-bond donors (Lipinski definition) is 1. The molecule has 1 atom stereocenters. The molecule has 0 aromatic heterocycles. The summed E-state index contributed by atoms with van der Waals surface area (Å²) >= 11 is 2.09. The minimum Gasteiger partial charge on any atom is -0.351 e. The van der Waals surface area contributed by atoms with Crippen molar-refractivity contribution in [1.29, 1.82) is 5.41 Å². The van der Waals surface area contributed by atoms with Gasteiger partial charge < -0.3 is 4.90 Å². The van der Waals surface area contributed by atoms with Crippen LogP contribution in [0, 0.1) is 5.41 Å². The normalized spacial score (nSPS) is 23.9. The second-order valence-electron chi connectivity index (χ2n) is 4.87. The number of amidine groups is 1. The average Bonchev–Trinajstić information content (AvgIpc) is 2.68. The van der Waals surface area contributed by atoms with Gasteiger partial charge in [0.25, 0.3) is 0 Å².